The SMILES string of the molecule is Cc1cccc(C#CCO)c1C(=O)O. The van der Waals surface area contributed by atoms with E-state index in [1.54, 1.807) is 25.1 Å². The summed E-state index contributed by atoms with van der Waals surface area (Å²) in [6, 6.07) is 5.08. The molecule has 2 N–H and O–H groups in total. The lowest BCUT2D eigenvalue weighted by Crippen LogP contribution is -2.03. The molecule has 1 rings (SSSR count). The van der Waals surface area contributed by atoms with E-state index in [1.807, 2.05) is 0 Å². The fourth-order valence-electron chi connectivity index (χ4n) is 1.19. The summed E-state index contributed by atoms with van der Waals surface area (Å²) in [4.78, 5) is 10.9. The maximum absolute atomic E-state index is 10.9. The van der Waals surface area contributed by atoms with Gasteiger partial charge in [-0.2, -0.15) is 0 Å². The minimum Gasteiger partial charge on any atom is -0.478 e. The second-order valence-electron chi connectivity index (χ2n) is 2.76. The van der Waals surface area contributed by atoms with E-state index in [0.29, 0.717) is 11.1 Å². The smallest absolute Gasteiger partial charge is 0.337 e. The van der Waals surface area contributed by atoms with Gasteiger partial charge in [-0.3, -0.25) is 0 Å². The molecule has 3 heteroatoms. The van der Waals surface area contributed by atoms with E-state index in [9.17, 15) is 4.79 Å². The molecule has 0 amide bonds. The van der Waals surface area contributed by atoms with Crippen LogP contribution in [-0.2, 0) is 0 Å². The van der Waals surface area contributed by atoms with Crippen LogP contribution < -0.4 is 0 Å². The number of rotatable bonds is 1. The molecule has 0 heterocycles. The first kappa shape index (κ1) is 10.3. The third kappa shape index (κ3) is 2.12. The number of hydrogen-bond donors (Lipinski definition) is 2. The molecule has 0 unspecified atom stereocenters. The van der Waals surface area contributed by atoms with Crippen molar-refractivity contribution in [1.82, 2.24) is 0 Å². The Hall–Kier alpha value is -1.79. The Kier molecular flexibility index (Phi) is 3.27. The highest BCUT2D eigenvalue weighted by molar-refractivity contribution is 5.92. The molecule has 1 aromatic rings. The van der Waals surface area contributed by atoms with Gasteiger partial charge in [-0.1, -0.05) is 24.0 Å². The van der Waals surface area contributed by atoms with Gasteiger partial charge in [-0.15, -0.1) is 0 Å². The van der Waals surface area contributed by atoms with Crippen LogP contribution in [0.5, 0.6) is 0 Å². The van der Waals surface area contributed by atoms with Crippen molar-refractivity contribution < 1.29 is 15.0 Å². The van der Waals surface area contributed by atoms with Crippen LogP contribution >= 0.6 is 0 Å². The van der Waals surface area contributed by atoms with Crippen molar-refractivity contribution in [2.75, 3.05) is 6.61 Å². The summed E-state index contributed by atoms with van der Waals surface area (Å²) in [6.45, 7) is 1.45. The van der Waals surface area contributed by atoms with E-state index in [0.717, 1.165) is 0 Å². The first-order valence-electron chi connectivity index (χ1n) is 4.09. The van der Waals surface area contributed by atoms with E-state index < -0.39 is 5.97 Å². The molecule has 0 aromatic heterocycles. The third-order valence-electron chi connectivity index (χ3n) is 1.79. The van der Waals surface area contributed by atoms with E-state index in [4.69, 9.17) is 10.2 Å². The molecule has 0 aliphatic heterocycles. The molecule has 0 aliphatic carbocycles. The number of carboxylic acids is 1. The van der Waals surface area contributed by atoms with Crippen molar-refractivity contribution in [3.63, 3.8) is 0 Å². The van der Waals surface area contributed by atoms with Crippen LogP contribution in [0.4, 0.5) is 0 Å². The fraction of sp³-hybridized carbons (Fsp3) is 0.182. The number of aryl methyl sites for hydroxylation is 1. The standard InChI is InChI=1S/C11H10O3/c1-8-4-2-5-9(6-3-7-12)10(8)11(13)14/h2,4-5,12H,7H2,1H3,(H,13,14). The molecule has 0 aliphatic rings. The molecule has 72 valence electrons. The van der Waals surface area contributed by atoms with Crippen LogP contribution in [0.25, 0.3) is 0 Å². The molecule has 0 spiro atoms. The van der Waals surface area contributed by atoms with Crippen molar-refractivity contribution in [1.29, 1.82) is 0 Å². The van der Waals surface area contributed by atoms with E-state index in [2.05, 4.69) is 11.8 Å². The van der Waals surface area contributed by atoms with Gasteiger partial charge in [-0.05, 0) is 18.6 Å². The number of carbonyl (C=O) groups is 1. The van der Waals surface area contributed by atoms with Gasteiger partial charge in [0.1, 0.15) is 6.61 Å². The first-order chi connectivity index (χ1) is 6.66. The van der Waals surface area contributed by atoms with Crippen LogP contribution in [0, 0.1) is 18.8 Å². The van der Waals surface area contributed by atoms with Crippen LogP contribution in [0.1, 0.15) is 21.5 Å². The highest BCUT2D eigenvalue weighted by Gasteiger charge is 2.10. The lowest BCUT2D eigenvalue weighted by molar-refractivity contribution is 0.0696. The lowest BCUT2D eigenvalue weighted by Gasteiger charge is -2.02. The van der Waals surface area contributed by atoms with Crippen molar-refractivity contribution in [2.24, 2.45) is 0 Å². The van der Waals surface area contributed by atoms with Crippen LogP contribution in [0.15, 0.2) is 18.2 Å². The quantitative estimate of drug-likeness (QED) is 0.650. The maximum Gasteiger partial charge on any atom is 0.337 e. The molecule has 0 atom stereocenters. The Labute approximate surface area is 82.0 Å². The zero-order valence-electron chi connectivity index (χ0n) is 7.74. The Balaban J connectivity index is 3.28. The first-order valence-corrected chi connectivity index (χ1v) is 4.09. The van der Waals surface area contributed by atoms with Gasteiger partial charge in [0.25, 0.3) is 0 Å². The zero-order chi connectivity index (χ0) is 10.6. The molecular formula is C11H10O3. The Morgan fingerprint density at radius 3 is 2.79 bits per heavy atom. The molecule has 1 aromatic carbocycles. The van der Waals surface area contributed by atoms with Crippen LogP contribution in [0.3, 0.4) is 0 Å². The number of aliphatic hydroxyl groups excluding tert-OH is 1. The van der Waals surface area contributed by atoms with Crippen molar-refractivity contribution in [3.8, 4) is 11.8 Å². The van der Waals surface area contributed by atoms with Crippen molar-refractivity contribution >= 4 is 5.97 Å². The van der Waals surface area contributed by atoms with E-state index in [1.165, 1.54) is 0 Å². The minimum absolute atomic E-state index is 0.202. The summed E-state index contributed by atoms with van der Waals surface area (Å²) >= 11 is 0. The van der Waals surface area contributed by atoms with Gasteiger partial charge >= 0.3 is 5.97 Å². The molecule has 14 heavy (non-hydrogen) atoms. The Morgan fingerprint density at radius 2 is 2.21 bits per heavy atom. The number of aromatic carboxylic acids is 1. The summed E-state index contributed by atoms with van der Waals surface area (Å²) in [6.07, 6.45) is 0. The number of hydrogen-bond acceptors (Lipinski definition) is 2. The van der Waals surface area contributed by atoms with Gasteiger partial charge in [0, 0.05) is 5.56 Å². The molecule has 0 saturated carbocycles. The summed E-state index contributed by atoms with van der Waals surface area (Å²) in [5, 5.41) is 17.4. The highest BCUT2D eigenvalue weighted by atomic mass is 16.4. The highest BCUT2D eigenvalue weighted by Crippen LogP contribution is 2.12. The second kappa shape index (κ2) is 4.45. The minimum atomic E-state index is -0.995. The predicted octanol–water partition coefficient (Wildman–Crippen LogP) is 1.04. The average molecular weight is 190 g/mol. The maximum atomic E-state index is 10.9. The fourth-order valence-corrected chi connectivity index (χ4v) is 1.19. The summed E-state index contributed by atoms with van der Waals surface area (Å²) in [5.74, 6) is 4.04. The normalized spacial score (nSPS) is 9.00. The third-order valence-corrected chi connectivity index (χ3v) is 1.79. The number of carboxylic acid groups (broad SMARTS) is 1. The summed E-state index contributed by atoms with van der Waals surface area (Å²) < 4.78 is 0. The van der Waals surface area contributed by atoms with Crippen molar-refractivity contribution in [2.45, 2.75) is 6.92 Å². The number of benzene rings is 1. The molecule has 0 saturated heterocycles. The molecule has 0 fully saturated rings. The largest absolute Gasteiger partial charge is 0.478 e. The molecular weight excluding hydrogens is 180 g/mol. The van der Waals surface area contributed by atoms with E-state index in [-0.39, 0.29) is 12.2 Å². The van der Waals surface area contributed by atoms with Gasteiger partial charge in [0.2, 0.25) is 0 Å². The van der Waals surface area contributed by atoms with Crippen molar-refractivity contribution in [3.05, 3.63) is 34.9 Å². The molecule has 0 radical (unpaired) electrons. The van der Waals surface area contributed by atoms with E-state index >= 15 is 0 Å². The van der Waals surface area contributed by atoms with Gasteiger partial charge in [0.15, 0.2) is 0 Å². The van der Waals surface area contributed by atoms with Crippen LogP contribution in [0.2, 0.25) is 0 Å². The molecule has 3 nitrogen and oxygen atoms in total. The van der Waals surface area contributed by atoms with Gasteiger partial charge < -0.3 is 10.2 Å². The Morgan fingerprint density at radius 1 is 1.50 bits per heavy atom. The summed E-state index contributed by atoms with van der Waals surface area (Å²) in [7, 11) is 0. The second-order valence-corrected chi connectivity index (χ2v) is 2.76. The summed E-state index contributed by atoms with van der Waals surface area (Å²) in [5.41, 5.74) is 1.31. The monoisotopic (exact) mass is 190 g/mol. The topological polar surface area (TPSA) is 57.5 Å². The molecule has 0 bridgehead atoms. The lowest BCUT2D eigenvalue weighted by atomic mass is 10.0. The zero-order valence-corrected chi connectivity index (χ0v) is 7.74. The van der Waals surface area contributed by atoms with Crippen LogP contribution in [-0.4, -0.2) is 22.8 Å². The average Bonchev–Trinajstić information content (AvgIpc) is 2.14. The Bertz CT molecular complexity index is 410. The number of aliphatic hydroxyl groups is 1. The van der Waals surface area contributed by atoms with Gasteiger partial charge in [0.05, 0.1) is 5.56 Å². The van der Waals surface area contributed by atoms with Gasteiger partial charge in [-0.25, -0.2) is 4.79 Å². The predicted molar refractivity (Wildman–Crippen MR) is 52.1 cm³/mol.